The molecule has 2 aliphatic carbocycles. The SMILES string of the molecule is O=C(NO)C1(S(=O)(=O)c2cccc(NC3CCCCC3)c2)CCC2(CCNCC2)C1. The maximum atomic E-state index is 13.8. The van der Waals surface area contributed by atoms with Gasteiger partial charge in [-0.05, 0) is 81.6 Å². The number of carbonyl (C=O) groups excluding carboxylic acids is 1. The molecule has 1 atom stereocenters. The first kappa shape index (κ1) is 21.6. The first-order valence-electron chi connectivity index (χ1n) is 11.2. The van der Waals surface area contributed by atoms with E-state index in [1.54, 1.807) is 23.7 Å². The Morgan fingerprint density at radius 3 is 2.50 bits per heavy atom. The molecular weight excluding hydrogens is 402 g/mol. The minimum absolute atomic E-state index is 0.151. The molecule has 3 aliphatic rings. The van der Waals surface area contributed by atoms with E-state index in [4.69, 9.17) is 0 Å². The molecule has 30 heavy (non-hydrogen) atoms. The van der Waals surface area contributed by atoms with Gasteiger partial charge in [0.15, 0.2) is 14.6 Å². The summed E-state index contributed by atoms with van der Waals surface area (Å²) in [5.74, 6) is -0.802. The average molecular weight is 436 g/mol. The number of rotatable bonds is 5. The highest BCUT2D eigenvalue weighted by Gasteiger charge is 2.60. The van der Waals surface area contributed by atoms with Crippen LogP contribution >= 0.6 is 0 Å². The molecule has 4 rings (SSSR count). The second-order valence-electron chi connectivity index (χ2n) is 9.37. The Hall–Kier alpha value is -1.64. The van der Waals surface area contributed by atoms with Crippen LogP contribution in [0.15, 0.2) is 29.2 Å². The molecule has 1 saturated heterocycles. The second kappa shape index (κ2) is 8.48. The van der Waals surface area contributed by atoms with Gasteiger partial charge in [-0.1, -0.05) is 25.3 Å². The number of amides is 1. The first-order chi connectivity index (χ1) is 14.4. The number of sulfone groups is 1. The van der Waals surface area contributed by atoms with Crippen molar-refractivity contribution in [1.29, 1.82) is 0 Å². The Morgan fingerprint density at radius 2 is 1.80 bits per heavy atom. The third kappa shape index (κ3) is 3.85. The number of piperidine rings is 1. The Balaban J connectivity index is 1.64. The largest absolute Gasteiger partial charge is 0.382 e. The average Bonchev–Trinajstić information content (AvgIpc) is 3.15. The van der Waals surface area contributed by atoms with E-state index < -0.39 is 20.5 Å². The fraction of sp³-hybridized carbons (Fsp3) is 0.682. The van der Waals surface area contributed by atoms with Crippen LogP contribution in [0.4, 0.5) is 5.69 Å². The fourth-order valence-electron chi connectivity index (χ4n) is 5.74. The van der Waals surface area contributed by atoms with E-state index in [0.29, 0.717) is 12.5 Å². The van der Waals surface area contributed by atoms with Crippen LogP contribution in [-0.2, 0) is 14.6 Å². The van der Waals surface area contributed by atoms with Gasteiger partial charge in [0, 0.05) is 11.7 Å². The second-order valence-corrected chi connectivity index (χ2v) is 11.6. The first-order valence-corrected chi connectivity index (χ1v) is 12.7. The van der Waals surface area contributed by atoms with Gasteiger partial charge in [0.25, 0.3) is 5.91 Å². The van der Waals surface area contributed by atoms with Crippen molar-refractivity contribution < 1.29 is 18.4 Å². The molecule has 3 fully saturated rings. The number of hydrogen-bond donors (Lipinski definition) is 4. The number of hydrogen-bond acceptors (Lipinski definition) is 6. The smallest absolute Gasteiger partial charge is 0.265 e. The zero-order chi connectivity index (χ0) is 21.2. The quantitative estimate of drug-likeness (QED) is 0.418. The standard InChI is InChI=1S/C22H33N3O4S/c26-20(25-27)22(10-9-21(16-22)11-13-23-14-12-21)30(28,29)19-8-4-7-18(15-19)24-17-5-2-1-3-6-17/h4,7-8,15,17,23-24,27H,1-3,5-6,9-14,16H2,(H,25,26). The van der Waals surface area contributed by atoms with E-state index in [0.717, 1.165) is 44.5 Å². The molecule has 166 valence electrons. The number of benzene rings is 1. The Bertz CT molecular complexity index is 876. The molecule has 2 saturated carbocycles. The van der Waals surface area contributed by atoms with E-state index in [1.165, 1.54) is 19.3 Å². The molecule has 4 N–H and O–H groups in total. The molecule has 1 aromatic carbocycles. The summed E-state index contributed by atoms with van der Waals surface area (Å²) >= 11 is 0. The number of nitrogens with one attached hydrogen (secondary N) is 3. The molecule has 0 aromatic heterocycles. The van der Waals surface area contributed by atoms with Gasteiger partial charge in [0.05, 0.1) is 4.90 Å². The highest BCUT2D eigenvalue weighted by molar-refractivity contribution is 7.93. The van der Waals surface area contributed by atoms with Crippen LogP contribution in [0.5, 0.6) is 0 Å². The lowest BCUT2D eigenvalue weighted by atomic mass is 9.77. The van der Waals surface area contributed by atoms with Crippen LogP contribution in [0.25, 0.3) is 0 Å². The molecule has 1 heterocycles. The van der Waals surface area contributed by atoms with Gasteiger partial charge >= 0.3 is 0 Å². The zero-order valence-electron chi connectivity index (χ0n) is 17.5. The van der Waals surface area contributed by atoms with Crippen molar-refractivity contribution in [2.24, 2.45) is 5.41 Å². The Labute approximate surface area is 178 Å². The summed E-state index contributed by atoms with van der Waals surface area (Å²) in [6.45, 7) is 1.66. The molecule has 0 radical (unpaired) electrons. The lowest BCUT2D eigenvalue weighted by Crippen LogP contribution is -2.51. The highest BCUT2D eigenvalue weighted by atomic mass is 32.2. The van der Waals surface area contributed by atoms with Crippen LogP contribution in [0, 0.1) is 5.41 Å². The van der Waals surface area contributed by atoms with Crippen molar-refractivity contribution in [2.45, 2.75) is 79.9 Å². The zero-order valence-corrected chi connectivity index (χ0v) is 18.3. The highest BCUT2D eigenvalue weighted by Crippen LogP contribution is 2.54. The van der Waals surface area contributed by atoms with Gasteiger partial charge in [-0.2, -0.15) is 0 Å². The Morgan fingerprint density at radius 1 is 1.07 bits per heavy atom. The van der Waals surface area contributed by atoms with Crippen LogP contribution in [-0.4, -0.2) is 43.4 Å². The van der Waals surface area contributed by atoms with Crippen molar-refractivity contribution in [2.75, 3.05) is 18.4 Å². The number of hydroxylamine groups is 1. The summed E-state index contributed by atoms with van der Waals surface area (Å²) in [6.07, 6.45) is 8.69. The molecule has 8 heteroatoms. The monoisotopic (exact) mass is 435 g/mol. The summed E-state index contributed by atoms with van der Waals surface area (Å²) in [7, 11) is -3.98. The van der Waals surface area contributed by atoms with E-state index in [2.05, 4.69) is 10.6 Å². The van der Waals surface area contributed by atoms with Crippen molar-refractivity contribution in [3.63, 3.8) is 0 Å². The van der Waals surface area contributed by atoms with Crippen molar-refractivity contribution >= 4 is 21.4 Å². The van der Waals surface area contributed by atoms with Crippen molar-refractivity contribution in [1.82, 2.24) is 10.8 Å². The van der Waals surface area contributed by atoms with Gasteiger partial charge in [-0.3, -0.25) is 10.0 Å². The van der Waals surface area contributed by atoms with E-state index >= 15 is 0 Å². The predicted molar refractivity (Wildman–Crippen MR) is 115 cm³/mol. The topological polar surface area (TPSA) is 108 Å². The van der Waals surface area contributed by atoms with Crippen LogP contribution in [0.1, 0.15) is 64.2 Å². The predicted octanol–water partition coefficient (Wildman–Crippen LogP) is 3.00. The molecule has 1 unspecified atom stereocenters. The summed E-state index contributed by atoms with van der Waals surface area (Å²) in [5, 5.41) is 16.2. The van der Waals surface area contributed by atoms with Gasteiger partial charge < -0.3 is 10.6 Å². The fourth-order valence-corrected chi connectivity index (χ4v) is 7.89. The molecule has 1 spiro atoms. The lowest BCUT2D eigenvalue weighted by Gasteiger charge is -2.36. The summed E-state index contributed by atoms with van der Waals surface area (Å²) in [4.78, 5) is 13.0. The van der Waals surface area contributed by atoms with Crippen molar-refractivity contribution in [3.8, 4) is 0 Å². The van der Waals surface area contributed by atoms with Crippen molar-refractivity contribution in [3.05, 3.63) is 24.3 Å². The van der Waals surface area contributed by atoms with Gasteiger partial charge in [0.2, 0.25) is 0 Å². The number of carbonyl (C=O) groups is 1. The minimum Gasteiger partial charge on any atom is -0.382 e. The molecule has 0 bridgehead atoms. The normalized spacial score (nSPS) is 27.1. The van der Waals surface area contributed by atoms with Gasteiger partial charge in [-0.25, -0.2) is 13.9 Å². The minimum atomic E-state index is -3.98. The maximum Gasteiger partial charge on any atom is 0.265 e. The summed E-state index contributed by atoms with van der Waals surface area (Å²) in [6, 6.07) is 7.20. The maximum absolute atomic E-state index is 13.8. The Kier molecular flexibility index (Phi) is 6.10. The number of anilines is 1. The molecule has 1 aliphatic heterocycles. The van der Waals surface area contributed by atoms with Crippen LogP contribution in [0.3, 0.4) is 0 Å². The van der Waals surface area contributed by atoms with Gasteiger partial charge in [-0.15, -0.1) is 0 Å². The third-order valence-electron chi connectivity index (χ3n) is 7.53. The lowest BCUT2D eigenvalue weighted by molar-refractivity contribution is -0.132. The molecule has 1 amide bonds. The van der Waals surface area contributed by atoms with E-state index in [9.17, 15) is 18.4 Å². The van der Waals surface area contributed by atoms with Gasteiger partial charge in [0.1, 0.15) is 0 Å². The van der Waals surface area contributed by atoms with Crippen LogP contribution < -0.4 is 16.1 Å². The molecule has 1 aromatic rings. The third-order valence-corrected chi connectivity index (χ3v) is 9.97. The summed E-state index contributed by atoms with van der Waals surface area (Å²) < 4.78 is 26.0. The van der Waals surface area contributed by atoms with E-state index in [1.807, 2.05) is 6.07 Å². The summed E-state index contributed by atoms with van der Waals surface area (Å²) in [5.41, 5.74) is 2.29. The van der Waals surface area contributed by atoms with Crippen LogP contribution in [0.2, 0.25) is 0 Å². The molecule has 7 nitrogen and oxygen atoms in total. The molecular formula is C22H33N3O4S. The van der Waals surface area contributed by atoms with E-state index in [-0.39, 0.29) is 23.2 Å².